The molecule has 0 aliphatic carbocycles. The number of carboxylic acid groups (broad SMARTS) is 1. The average Bonchev–Trinajstić information content (AvgIpc) is 2.20. The molecule has 0 aromatic rings. The minimum Gasteiger partial charge on any atom is -0.480 e. The third-order valence-electron chi connectivity index (χ3n) is 1.82. The fourth-order valence-electron chi connectivity index (χ4n) is 0.985. The van der Waals surface area contributed by atoms with E-state index in [9.17, 15) is 18.0 Å². The first-order valence-electron chi connectivity index (χ1n) is 5.06. The number of carboxylic acids is 1. The summed E-state index contributed by atoms with van der Waals surface area (Å²) in [6.07, 6.45) is 0.199. The van der Waals surface area contributed by atoms with Gasteiger partial charge in [-0.2, -0.15) is 13.1 Å². The van der Waals surface area contributed by atoms with Crippen molar-refractivity contribution in [2.24, 2.45) is 5.73 Å². The lowest BCUT2D eigenvalue weighted by Gasteiger charge is -2.14. The summed E-state index contributed by atoms with van der Waals surface area (Å²) in [6.45, 7) is 1.97. The van der Waals surface area contributed by atoms with Gasteiger partial charge in [0.05, 0.1) is 0 Å². The summed E-state index contributed by atoms with van der Waals surface area (Å²) in [5, 5.41) is 8.77. The van der Waals surface area contributed by atoms with Crippen LogP contribution in [0.5, 0.6) is 0 Å². The molecule has 0 aliphatic rings. The van der Waals surface area contributed by atoms with Gasteiger partial charge in [-0.05, 0) is 12.8 Å². The van der Waals surface area contributed by atoms with Crippen LogP contribution in [0.15, 0.2) is 0 Å². The van der Waals surface area contributed by atoms with Gasteiger partial charge in [0, 0.05) is 13.0 Å². The zero-order chi connectivity index (χ0) is 13.5. The number of carbonyl (C=O) groups excluding carboxylic acids is 1. The van der Waals surface area contributed by atoms with E-state index in [0.717, 1.165) is 0 Å². The van der Waals surface area contributed by atoms with Crippen molar-refractivity contribution in [1.82, 2.24) is 9.44 Å². The minimum absolute atomic E-state index is 0.183. The fourth-order valence-corrected chi connectivity index (χ4v) is 2.13. The summed E-state index contributed by atoms with van der Waals surface area (Å²) < 4.78 is 26.8. The summed E-state index contributed by atoms with van der Waals surface area (Å²) in [4.78, 5) is 21.3. The molecule has 0 fully saturated rings. The predicted octanol–water partition coefficient (Wildman–Crippen LogP) is -1.46. The number of rotatable bonds is 9. The Morgan fingerprint density at radius 3 is 2.41 bits per heavy atom. The fraction of sp³-hybridized carbons (Fsp3) is 0.750. The van der Waals surface area contributed by atoms with E-state index in [4.69, 9.17) is 10.8 Å². The van der Waals surface area contributed by atoms with Crippen molar-refractivity contribution in [3.63, 3.8) is 0 Å². The largest absolute Gasteiger partial charge is 0.480 e. The Hall–Kier alpha value is -1.19. The van der Waals surface area contributed by atoms with Crippen LogP contribution in [0.3, 0.4) is 0 Å². The number of primary amides is 1. The highest BCUT2D eigenvalue weighted by atomic mass is 32.2. The molecule has 100 valence electrons. The average molecular weight is 267 g/mol. The molecule has 8 nitrogen and oxygen atoms in total. The zero-order valence-electron chi connectivity index (χ0n) is 9.47. The van der Waals surface area contributed by atoms with E-state index in [2.05, 4.69) is 4.72 Å². The molecule has 0 aliphatic heterocycles. The maximum atomic E-state index is 11.3. The standard InChI is InChI=1S/C8H17N3O5S/c1-2-5-10-17(15,16)11-6(8(13)14)3-4-7(9)12/h6,10-11H,2-5H2,1H3,(H2,9,12)(H,13,14)/t6-/m1/s1. The third-order valence-corrected chi connectivity index (χ3v) is 3.00. The molecule has 0 heterocycles. The molecule has 0 rings (SSSR count). The monoisotopic (exact) mass is 267 g/mol. The molecular weight excluding hydrogens is 250 g/mol. The lowest BCUT2D eigenvalue weighted by molar-refractivity contribution is -0.139. The highest BCUT2D eigenvalue weighted by Gasteiger charge is 2.23. The molecular formula is C8H17N3O5S. The quantitative estimate of drug-likeness (QED) is 0.404. The van der Waals surface area contributed by atoms with Crippen molar-refractivity contribution < 1.29 is 23.1 Å². The van der Waals surface area contributed by atoms with Crippen LogP contribution in [0.25, 0.3) is 0 Å². The van der Waals surface area contributed by atoms with Gasteiger partial charge in [-0.1, -0.05) is 6.92 Å². The molecule has 0 saturated carbocycles. The molecule has 0 bridgehead atoms. The maximum Gasteiger partial charge on any atom is 0.321 e. The topological polar surface area (TPSA) is 139 Å². The first-order chi connectivity index (χ1) is 7.78. The number of aliphatic carboxylic acids is 1. The molecule has 0 aromatic heterocycles. The Balaban J connectivity index is 4.43. The van der Waals surface area contributed by atoms with Gasteiger partial charge in [0.1, 0.15) is 6.04 Å². The predicted molar refractivity (Wildman–Crippen MR) is 60.2 cm³/mol. The number of hydrogen-bond acceptors (Lipinski definition) is 4. The second-order valence-electron chi connectivity index (χ2n) is 3.41. The van der Waals surface area contributed by atoms with Gasteiger partial charge < -0.3 is 10.8 Å². The smallest absolute Gasteiger partial charge is 0.321 e. The van der Waals surface area contributed by atoms with Crippen molar-refractivity contribution in [2.45, 2.75) is 32.2 Å². The number of carbonyl (C=O) groups is 2. The third kappa shape index (κ3) is 7.66. The van der Waals surface area contributed by atoms with Gasteiger partial charge in [-0.15, -0.1) is 0 Å². The summed E-state index contributed by atoms with van der Waals surface area (Å²) in [5.74, 6) is -2.04. The molecule has 5 N–H and O–H groups in total. The Morgan fingerprint density at radius 1 is 1.41 bits per heavy atom. The summed E-state index contributed by atoms with van der Waals surface area (Å²) >= 11 is 0. The van der Waals surface area contributed by atoms with Crippen LogP contribution in [0, 0.1) is 0 Å². The Kier molecular flexibility index (Phi) is 6.69. The van der Waals surface area contributed by atoms with Crippen molar-refractivity contribution in [3.8, 4) is 0 Å². The van der Waals surface area contributed by atoms with Crippen molar-refractivity contribution in [3.05, 3.63) is 0 Å². The summed E-state index contributed by atoms with van der Waals surface area (Å²) in [7, 11) is -3.87. The van der Waals surface area contributed by atoms with E-state index >= 15 is 0 Å². The molecule has 0 spiro atoms. The van der Waals surface area contributed by atoms with E-state index in [0.29, 0.717) is 6.42 Å². The van der Waals surface area contributed by atoms with Crippen LogP contribution in [-0.4, -0.2) is 38.0 Å². The number of hydrogen-bond donors (Lipinski definition) is 4. The first-order valence-corrected chi connectivity index (χ1v) is 6.55. The molecule has 0 radical (unpaired) electrons. The molecule has 1 amide bonds. The lowest BCUT2D eigenvalue weighted by Crippen LogP contribution is -2.46. The van der Waals surface area contributed by atoms with Crippen LogP contribution in [0.2, 0.25) is 0 Å². The Bertz CT molecular complexity index is 367. The maximum absolute atomic E-state index is 11.3. The molecule has 9 heteroatoms. The van der Waals surface area contributed by atoms with Crippen LogP contribution < -0.4 is 15.2 Å². The second kappa shape index (κ2) is 7.20. The molecule has 1 atom stereocenters. The lowest BCUT2D eigenvalue weighted by atomic mass is 10.2. The number of nitrogens with one attached hydrogen (secondary N) is 2. The van der Waals surface area contributed by atoms with Crippen molar-refractivity contribution in [2.75, 3.05) is 6.54 Å². The molecule has 0 saturated heterocycles. The van der Waals surface area contributed by atoms with E-state index in [1.54, 1.807) is 6.92 Å². The van der Waals surface area contributed by atoms with E-state index in [-0.39, 0.29) is 19.4 Å². The molecule has 0 aromatic carbocycles. The van der Waals surface area contributed by atoms with Crippen LogP contribution in [-0.2, 0) is 19.8 Å². The highest BCUT2D eigenvalue weighted by molar-refractivity contribution is 7.87. The van der Waals surface area contributed by atoms with Gasteiger partial charge in [0.2, 0.25) is 5.91 Å². The van der Waals surface area contributed by atoms with Crippen LogP contribution >= 0.6 is 0 Å². The SMILES string of the molecule is CCCNS(=O)(=O)N[C@H](CCC(N)=O)C(=O)O. The highest BCUT2D eigenvalue weighted by Crippen LogP contribution is 1.99. The zero-order valence-corrected chi connectivity index (χ0v) is 10.3. The second-order valence-corrected chi connectivity index (χ2v) is 4.94. The number of nitrogens with two attached hydrogens (primary N) is 1. The van der Waals surface area contributed by atoms with Gasteiger partial charge in [-0.25, -0.2) is 4.72 Å². The minimum atomic E-state index is -3.87. The van der Waals surface area contributed by atoms with E-state index < -0.39 is 28.1 Å². The van der Waals surface area contributed by atoms with Crippen molar-refractivity contribution in [1.29, 1.82) is 0 Å². The Morgan fingerprint density at radius 2 is 2.00 bits per heavy atom. The van der Waals surface area contributed by atoms with Gasteiger partial charge in [0.25, 0.3) is 10.2 Å². The van der Waals surface area contributed by atoms with Gasteiger partial charge in [0.15, 0.2) is 0 Å². The summed E-state index contributed by atoms with van der Waals surface area (Å²) in [6, 6.07) is -1.36. The van der Waals surface area contributed by atoms with Crippen LogP contribution in [0.1, 0.15) is 26.2 Å². The first kappa shape index (κ1) is 15.8. The normalized spacial score (nSPS) is 13.2. The van der Waals surface area contributed by atoms with Gasteiger partial charge >= 0.3 is 5.97 Å². The van der Waals surface area contributed by atoms with Gasteiger partial charge in [-0.3, -0.25) is 9.59 Å². The number of amides is 1. The van der Waals surface area contributed by atoms with Crippen molar-refractivity contribution >= 4 is 22.1 Å². The Labute approximate surface area is 99.7 Å². The van der Waals surface area contributed by atoms with E-state index in [1.165, 1.54) is 0 Å². The van der Waals surface area contributed by atoms with Crippen LogP contribution in [0.4, 0.5) is 0 Å². The van der Waals surface area contributed by atoms with E-state index in [1.807, 2.05) is 4.72 Å². The summed E-state index contributed by atoms with van der Waals surface area (Å²) in [5.41, 5.74) is 4.86. The molecule has 0 unspecified atom stereocenters. The molecule has 17 heavy (non-hydrogen) atoms.